The number of hydrogen-bond donors (Lipinski definition) is 1. The molecule has 1 aromatic rings. The van der Waals surface area contributed by atoms with E-state index >= 15 is 0 Å². The third kappa shape index (κ3) is 2.10. The zero-order chi connectivity index (χ0) is 9.80. The Morgan fingerprint density at radius 1 is 1.50 bits per heavy atom. The number of pyridine rings is 1. The number of nitrogens with zero attached hydrogens (tertiary/aromatic N) is 1. The molecule has 2 atom stereocenters. The molecule has 1 aromatic heterocycles. The van der Waals surface area contributed by atoms with E-state index in [2.05, 4.69) is 10.3 Å². The summed E-state index contributed by atoms with van der Waals surface area (Å²) < 4.78 is 13.9. The van der Waals surface area contributed by atoms with Crippen molar-refractivity contribution in [2.75, 3.05) is 6.54 Å². The quantitative estimate of drug-likeness (QED) is 0.781. The van der Waals surface area contributed by atoms with E-state index in [1.165, 1.54) is 0 Å². The van der Waals surface area contributed by atoms with Crippen LogP contribution < -0.4 is 5.32 Å². The van der Waals surface area contributed by atoms with Gasteiger partial charge in [-0.15, -0.1) is 0 Å². The maximum atomic E-state index is 13.9. The Kier molecular flexibility index (Phi) is 3.09. The Hall–Kier alpha value is -0.960. The molecule has 1 aliphatic heterocycles. The largest absolute Gasteiger partial charge is 0.311 e. The van der Waals surface area contributed by atoms with E-state index in [1.54, 1.807) is 24.5 Å². The summed E-state index contributed by atoms with van der Waals surface area (Å²) in [5.41, 5.74) is 0.687. The van der Waals surface area contributed by atoms with Gasteiger partial charge in [-0.05, 0) is 25.5 Å². The van der Waals surface area contributed by atoms with Crippen LogP contribution in [0, 0.1) is 0 Å². The highest BCUT2D eigenvalue weighted by molar-refractivity contribution is 5.14. The van der Waals surface area contributed by atoms with Crippen molar-refractivity contribution < 1.29 is 4.39 Å². The molecule has 1 N–H and O–H groups in total. The Bertz CT molecular complexity index is 270. The SMILES string of the molecule is FC(c1cccnc1)C1CCCCN1. The first kappa shape index (κ1) is 9.59. The lowest BCUT2D eigenvalue weighted by molar-refractivity contribution is 0.221. The van der Waals surface area contributed by atoms with Gasteiger partial charge in [0.25, 0.3) is 0 Å². The van der Waals surface area contributed by atoms with E-state index in [1.807, 2.05) is 0 Å². The van der Waals surface area contributed by atoms with Crippen molar-refractivity contribution in [3.8, 4) is 0 Å². The Labute approximate surface area is 83.6 Å². The first-order valence-corrected chi connectivity index (χ1v) is 5.15. The van der Waals surface area contributed by atoms with Gasteiger partial charge in [-0.3, -0.25) is 4.98 Å². The summed E-state index contributed by atoms with van der Waals surface area (Å²) in [4.78, 5) is 3.93. The number of hydrogen-bond acceptors (Lipinski definition) is 2. The van der Waals surface area contributed by atoms with Crippen LogP contribution in [0.2, 0.25) is 0 Å². The smallest absolute Gasteiger partial charge is 0.142 e. The number of piperidine rings is 1. The fourth-order valence-electron chi connectivity index (χ4n) is 1.90. The summed E-state index contributed by atoms with van der Waals surface area (Å²) in [5, 5.41) is 3.21. The average Bonchev–Trinajstić information content (AvgIpc) is 2.30. The van der Waals surface area contributed by atoms with Gasteiger partial charge in [0.05, 0.1) is 0 Å². The second-order valence-electron chi connectivity index (χ2n) is 3.74. The molecule has 1 aliphatic rings. The lowest BCUT2D eigenvalue weighted by atomic mass is 9.97. The van der Waals surface area contributed by atoms with Crippen molar-refractivity contribution >= 4 is 0 Å². The fourth-order valence-corrected chi connectivity index (χ4v) is 1.90. The van der Waals surface area contributed by atoms with E-state index in [4.69, 9.17) is 0 Å². The molecule has 0 amide bonds. The van der Waals surface area contributed by atoms with Gasteiger partial charge in [0, 0.05) is 24.0 Å². The molecule has 76 valence electrons. The fraction of sp³-hybridized carbons (Fsp3) is 0.545. The summed E-state index contributed by atoms with van der Waals surface area (Å²) in [6, 6.07) is 3.56. The Balaban J connectivity index is 2.03. The van der Waals surface area contributed by atoms with Gasteiger partial charge in [0.15, 0.2) is 0 Å². The van der Waals surface area contributed by atoms with Gasteiger partial charge in [-0.25, -0.2) is 4.39 Å². The number of alkyl halides is 1. The normalized spacial score (nSPS) is 24.5. The molecular weight excluding hydrogens is 179 g/mol. The van der Waals surface area contributed by atoms with Gasteiger partial charge >= 0.3 is 0 Å². The van der Waals surface area contributed by atoms with Crippen LogP contribution in [0.15, 0.2) is 24.5 Å². The topological polar surface area (TPSA) is 24.9 Å². The first-order chi connectivity index (χ1) is 6.88. The van der Waals surface area contributed by atoms with E-state index in [0.29, 0.717) is 5.56 Å². The second kappa shape index (κ2) is 4.51. The molecule has 3 heteroatoms. The zero-order valence-electron chi connectivity index (χ0n) is 8.12. The molecule has 0 saturated carbocycles. The Morgan fingerprint density at radius 2 is 2.43 bits per heavy atom. The maximum Gasteiger partial charge on any atom is 0.142 e. The summed E-state index contributed by atoms with van der Waals surface area (Å²) in [7, 11) is 0. The summed E-state index contributed by atoms with van der Waals surface area (Å²) >= 11 is 0. The van der Waals surface area contributed by atoms with Crippen LogP contribution in [0.25, 0.3) is 0 Å². The van der Waals surface area contributed by atoms with Gasteiger partial charge in [0.1, 0.15) is 6.17 Å². The summed E-state index contributed by atoms with van der Waals surface area (Å²) in [6.07, 6.45) is 5.58. The molecule has 2 heterocycles. The van der Waals surface area contributed by atoms with Gasteiger partial charge in [-0.1, -0.05) is 12.5 Å². The van der Waals surface area contributed by atoms with Gasteiger partial charge in [-0.2, -0.15) is 0 Å². The predicted molar refractivity (Wildman–Crippen MR) is 53.7 cm³/mol. The van der Waals surface area contributed by atoms with Crippen LogP contribution in [0.3, 0.4) is 0 Å². The molecule has 0 aromatic carbocycles. The highest BCUT2D eigenvalue weighted by Crippen LogP contribution is 2.25. The van der Waals surface area contributed by atoms with Crippen LogP contribution in [0.1, 0.15) is 31.0 Å². The van der Waals surface area contributed by atoms with E-state index in [0.717, 1.165) is 25.8 Å². The van der Waals surface area contributed by atoms with Crippen molar-refractivity contribution in [2.24, 2.45) is 0 Å². The highest BCUT2D eigenvalue weighted by Gasteiger charge is 2.23. The van der Waals surface area contributed by atoms with Crippen molar-refractivity contribution in [1.29, 1.82) is 0 Å². The number of aromatic nitrogens is 1. The van der Waals surface area contributed by atoms with E-state index in [-0.39, 0.29) is 6.04 Å². The highest BCUT2D eigenvalue weighted by atomic mass is 19.1. The second-order valence-corrected chi connectivity index (χ2v) is 3.74. The number of nitrogens with one attached hydrogen (secondary N) is 1. The molecule has 0 spiro atoms. The predicted octanol–water partition coefficient (Wildman–Crippen LogP) is 2.23. The molecule has 1 fully saturated rings. The molecule has 0 aliphatic carbocycles. The number of rotatable bonds is 2. The van der Waals surface area contributed by atoms with Crippen molar-refractivity contribution in [3.05, 3.63) is 30.1 Å². The lowest BCUT2D eigenvalue weighted by Gasteiger charge is -2.26. The van der Waals surface area contributed by atoms with Crippen molar-refractivity contribution in [1.82, 2.24) is 10.3 Å². The van der Waals surface area contributed by atoms with Crippen LogP contribution in [0.5, 0.6) is 0 Å². The minimum atomic E-state index is -0.913. The molecule has 2 nitrogen and oxygen atoms in total. The standard InChI is InChI=1S/C11H15FN2/c12-11(9-4-3-6-13-8-9)10-5-1-2-7-14-10/h3-4,6,8,10-11,14H,1-2,5,7H2. The van der Waals surface area contributed by atoms with Crippen LogP contribution >= 0.6 is 0 Å². The third-order valence-electron chi connectivity index (χ3n) is 2.70. The summed E-state index contributed by atoms with van der Waals surface area (Å²) in [5.74, 6) is 0. The zero-order valence-corrected chi connectivity index (χ0v) is 8.12. The van der Waals surface area contributed by atoms with Crippen molar-refractivity contribution in [3.63, 3.8) is 0 Å². The van der Waals surface area contributed by atoms with Crippen LogP contribution in [-0.4, -0.2) is 17.6 Å². The first-order valence-electron chi connectivity index (χ1n) is 5.15. The monoisotopic (exact) mass is 194 g/mol. The maximum absolute atomic E-state index is 13.9. The van der Waals surface area contributed by atoms with E-state index < -0.39 is 6.17 Å². The van der Waals surface area contributed by atoms with Crippen molar-refractivity contribution in [2.45, 2.75) is 31.5 Å². The van der Waals surface area contributed by atoms with E-state index in [9.17, 15) is 4.39 Å². The molecule has 0 bridgehead atoms. The average molecular weight is 194 g/mol. The minimum Gasteiger partial charge on any atom is -0.311 e. The lowest BCUT2D eigenvalue weighted by Crippen LogP contribution is -2.37. The molecule has 0 radical (unpaired) electrons. The molecule has 2 unspecified atom stereocenters. The minimum absolute atomic E-state index is 0.0204. The third-order valence-corrected chi connectivity index (χ3v) is 2.70. The molecule has 14 heavy (non-hydrogen) atoms. The molecule has 1 saturated heterocycles. The summed E-state index contributed by atoms with van der Waals surface area (Å²) in [6.45, 7) is 0.936. The van der Waals surface area contributed by atoms with Gasteiger partial charge in [0.2, 0.25) is 0 Å². The Morgan fingerprint density at radius 3 is 3.07 bits per heavy atom. The van der Waals surface area contributed by atoms with Crippen LogP contribution in [-0.2, 0) is 0 Å². The van der Waals surface area contributed by atoms with Gasteiger partial charge < -0.3 is 5.32 Å². The molecular formula is C11H15FN2. The molecule has 2 rings (SSSR count). The number of halogens is 1. The van der Waals surface area contributed by atoms with Crippen LogP contribution in [0.4, 0.5) is 4.39 Å².